The van der Waals surface area contributed by atoms with Crippen molar-refractivity contribution in [3.8, 4) is 0 Å². The van der Waals surface area contributed by atoms with Crippen molar-refractivity contribution in [2.45, 2.75) is 57.9 Å². The molecular weight excluding hydrogens is 476 g/mol. The largest absolute Gasteiger partial charge is 0.466 e. The Morgan fingerprint density at radius 2 is 1.81 bits per heavy atom. The summed E-state index contributed by atoms with van der Waals surface area (Å²) in [6.07, 6.45) is 2.78. The first-order valence-electron chi connectivity index (χ1n) is 12.6. The quantitative estimate of drug-likeness (QED) is 0.359. The first-order valence-corrected chi connectivity index (χ1v) is 12.6. The number of hydrogen-bond donors (Lipinski definition) is 3. The van der Waals surface area contributed by atoms with E-state index in [1.54, 1.807) is 26.0 Å². The van der Waals surface area contributed by atoms with Crippen LogP contribution in [0.1, 0.15) is 67.1 Å². The molecule has 1 aliphatic carbocycles. The van der Waals surface area contributed by atoms with E-state index in [0.717, 1.165) is 42.8 Å². The normalized spacial score (nSPS) is 14.9. The zero-order valence-electron chi connectivity index (χ0n) is 21.7. The standard InChI is InChI=1S/C26H36N6O5/c1-4-36-21(33)13-12-20(25(35)37-5-2)29-24(34)17-6-9-18(10-7-17)32(3)15-14-16-8-11-19-22(16)23(27)31-26(28)30-19/h6-7,9-10,16,20H,4-5,8,11-15H2,1-3H3,(H,29,34)(H4,27,28,30,31)/t16?,20-/m0/s1. The lowest BCUT2D eigenvalue weighted by atomic mass is 9.99. The fourth-order valence-corrected chi connectivity index (χ4v) is 4.51. The number of aromatic nitrogens is 2. The van der Waals surface area contributed by atoms with Gasteiger partial charge in [-0.05, 0) is 69.7 Å². The van der Waals surface area contributed by atoms with Gasteiger partial charge in [0.05, 0.1) is 18.9 Å². The molecule has 1 aliphatic rings. The molecule has 37 heavy (non-hydrogen) atoms. The number of nitrogen functional groups attached to an aromatic ring is 2. The van der Waals surface area contributed by atoms with Crippen LogP contribution in [0.25, 0.3) is 0 Å². The van der Waals surface area contributed by atoms with Gasteiger partial charge in [-0.15, -0.1) is 0 Å². The maximum absolute atomic E-state index is 12.8. The van der Waals surface area contributed by atoms with E-state index >= 15 is 0 Å². The minimum absolute atomic E-state index is 0.00202. The first-order chi connectivity index (χ1) is 17.7. The Labute approximate surface area is 216 Å². The number of nitrogens with two attached hydrogens (primary N) is 2. The Balaban J connectivity index is 1.57. The van der Waals surface area contributed by atoms with Gasteiger partial charge in [-0.3, -0.25) is 9.59 Å². The van der Waals surface area contributed by atoms with Gasteiger partial charge in [-0.25, -0.2) is 9.78 Å². The predicted octanol–water partition coefficient (Wildman–Crippen LogP) is 2.20. The number of anilines is 3. The molecule has 0 saturated heterocycles. The van der Waals surface area contributed by atoms with Crippen molar-refractivity contribution in [3.05, 3.63) is 41.1 Å². The summed E-state index contributed by atoms with van der Waals surface area (Å²) in [5.41, 5.74) is 15.1. The third-order valence-electron chi connectivity index (χ3n) is 6.41. The summed E-state index contributed by atoms with van der Waals surface area (Å²) in [5, 5.41) is 2.68. The van der Waals surface area contributed by atoms with E-state index in [1.165, 1.54) is 0 Å². The van der Waals surface area contributed by atoms with Crippen molar-refractivity contribution < 1.29 is 23.9 Å². The number of nitrogens with one attached hydrogen (secondary N) is 1. The second-order valence-corrected chi connectivity index (χ2v) is 8.94. The van der Waals surface area contributed by atoms with Crippen molar-refractivity contribution in [2.24, 2.45) is 0 Å². The number of esters is 2. The van der Waals surface area contributed by atoms with Gasteiger partial charge < -0.3 is 31.2 Å². The summed E-state index contributed by atoms with van der Waals surface area (Å²) in [4.78, 5) is 47.4. The van der Waals surface area contributed by atoms with Crippen molar-refractivity contribution in [3.63, 3.8) is 0 Å². The zero-order valence-corrected chi connectivity index (χ0v) is 21.7. The minimum Gasteiger partial charge on any atom is -0.466 e. The van der Waals surface area contributed by atoms with E-state index < -0.39 is 23.9 Å². The highest BCUT2D eigenvalue weighted by Crippen LogP contribution is 2.38. The van der Waals surface area contributed by atoms with Gasteiger partial charge in [0.25, 0.3) is 5.91 Å². The van der Waals surface area contributed by atoms with E-state index in [9.17, 15) is 14.4 Å². The molecule has 1 aromatic heterocycles. The number of hydrogen-bond acceptors (Lipinski definition) is 10. The number of carbonyl (C=O) groups excluding carboxylic acids is 3. The van der Waals surface area contributed by atoms with Crippen LogP contribution in [-0.4, -0.2) is 60.7 Å². The van der Waals surface area contributed by atoms with Crippen LogP contribution in [0, 0.1) is 0 Å². The lowest BCUT2D eigenvalue weighted by molar-refractivity contribution is -0.146. The minimum atomic E-state index is -0.944. The predicted molar refractivity (Wildman–Crippen MR) is 140 cm³/mol. The average Bonchev–Trinajstić information content (AvgIpc) is 3.28. The summed E-state index contributed by atoms with van der Waals surface area (Å²) in [7, 11) is 1.99. The Hall–Kier alpha value is -3.89. The summed E-state index contributed by atoms with van der Waals surface area (Å²) in [5.74, 6) is -0.486. The lowest BCUT2D eigenvalue weighted by Crippen LogP contribution is -2.42. The summed E-state index contributed by atoms with van der Waals surface area (Å²) < 4.78 is 9.97. The SMILES string of the molecule is CCOC(=O)CC[C@H](NC(=O)c1ccc(N(C)CCC2CCc3nc(N)nc(N)c32)cc1)C(=O)OCC. The highest BCUT2D eigenvalue weighted by molar-refractivity contribution is 5.97. The van der Waals surface area contributed by atoms with Crippen LogP contribution in [0.3, 0.4) is 0 Å². The van der Waals surface area contributed by atoms with E-state index in [1.807, 2.05) is 19.2 Å². The molecule has 2 aromatic rings. The van der Waals surface area contributed by atoms with Crippen LogP contribution in [0.2, 0.25) is 0 Å². The molecule has 0 aliphatic heterocycles. The molecule has 5 N–H and O–H groups in total. The first kappa shape index (κ1) is 27.7. The highest BCUT2D eigenvalue weighted by Gasteiger charge is 2.28. The number of ether oxygens (including phenoxy) is 2. The summed E-state index contributed by atoms with van der Waals surface area (Å²) in [6.45, 7) is 4.59. The zero-order chi connectivity index (χ0) is 26.9. The number of aryl methyl sites for hydroxylation is 1. The maximum atomic E-state index is 12.8. The van der Waals surface area contributed by atoms with Gasteiger partial charge in [0.1, 0.15) is 11.9 Å². The molecule has 200 valence electrons. The number of benzene rings is 1. The monoisotopic (exact) mass is 512 g/mol. The molecule has 1 aromatic carbocycles. The smallest absolute Gasteiger partial charge is 0.328 e. The molecule has 1 heterocycles. The number of amides is 1. The van der Waals surface area contributed by atoms with E-state index in [4.69, 9.17) is 20.9 Å². The van der Waals surface area contributed by atoms with Crippen LogP contribution >= 0.6 is 0 Å². The number of rotatable bonds is 12. The topological polar surface area (TPSA) is 163 Å². The van der Waals surface area contributed by atoms with Crippen LogP contribution in [-0.2, 0) is 25.5 Å². The molecule has 0 bridgehead atoms. The van der Waals surface area contributed by atoms with Crippen molar-refractivity contribution in [2.75, 3.05) is 43.2 Å². The van der Waals surface area contributed by atoms with Crippen LogP contribution in [0.15, 0.2) is 24.3 Å². The molecule has 3 rings (SSSR count). The van der Waals surface area contributed by atoms with Crippen LogP contribution < -0.4 is 21.7 Å². The summed E-state index contributed by atoms with van der Waals surface area (Å²) >= 11 is 0. The second kappa shape index (κ2) is 12.9. The number of fused-ring (bicyclic) bond motifs is 1. The fourth-order valence-electron chi connectivity index (χ4n) is 4.51. The van der Waals surface area contributed by atoms with Gasteiger partial charge in [0.15, 0.2) is 0 Å². The number of carbonyl (C=O) groups is 3. The second-order valence-electron chi connectivity index (χ2n) is 8.94. The van der Waals surface area contributed by atoms with Crippen molar-refractivity contribution >= 4 is 35.3 Å². The summed E-state index contributed by atoms with van der Waals surface area (Å²) in [6, 6.07) is 6.17. The molecule has 0 fully saturated rings. The Morgan fingerprint density at radius 3 is 2.49 bits per heavy atom. The fraction of sp³-hybridized carbons (Fsp3) is 0.500. The van der Waals surface area contributed by atoms with Crippen LogP contribution in [0.5, 0.6) is 0 Å². The highest BCUT2D eigenvalue weighted by atomic mass is 16.5. The molecule has 0 radical (unpaired) electrons. The Kier molecular flexibility index (Phi) is 9.64. The van der Waals surface area contributed by atoms with Crippen molar-refractivity contribution in [1.29, 1.82) is 0 Å². The van der Waals surface area contributed by atoms with Gasteiger partial charge in [-0.2, -0.15) is 4.98 Å². The number of nitrogens with zero attached hydrogens (tertiary/aromatic N) is 3. The third-order valence-corrected chi connectivity index (χ3v) is 6.41. The molecule has 0 saturated carbocycles. The van der Waals surface area contributed by atoms with Crippen LogP contribution in [0.4, 0.5) is 17.5 Å². The van der Waals surface area contributed by atoms with E-state index in [2.05, 4.69) is 20.2 Å². The van der Waals surface area contributed by atoms with Gasteiger partial charge in [0, 0.05) is 36.8 Å². The van der Waals surface area contributed by atoms with E-state index in [-0.39, 0.29) is 37.9 Å². The molecule has 1 amide bonds. The molecule has 0 spiro atoms. The van der Waals surface area contributed by atoms with Gasteiger partial charge in [0.2, 0.25) is 5.95 Å². The van der Waals surface area contributed by atoms with Gasteiger partial charge in [-0.1, -0.05) is 0 Å². The molecule has 11 heteroatoms. The molecular formula is C26H36N6O5. The van der Waals surface area contributed by atoms with E-state index in [0.29, 0.717) is 11.4 Å². The Morgan fingerprint density at radius 1 is 1.11 bits per heavy atom. The lowest BCUT2D eigenvalue weighted by Gasteiger charge is -2.22. The molecule has 11 nitrogen and oxygen atoms in total. The molecule has 1 unspecified atom stereocenters. The van der Waals surface area contributed by atoms with Gasteiger partial charge >= 0.3 is 11.9 Å². The maximum Gasteiger partial charge on any atom is 0.328 e. The third kappa shape index (κ3) is 7.31. The molecule has 2 atom stereocenters. The van der Waals surface area contributed by atoms with Crippen molar-refractivity contribution in [1.82, 2.24) is 15.3 Å². The average molecular weight is 513 g/mol. The Bertz CT molecular complexity index is 1110.